The standard InChI is InChI=1S/C21H24N2O5/c1-12-7-8-15(9-13(12)2)23-18(20(24)22(3)21(23)25)14-10-16(26-4)19(28-6)17(11-14)27-5/h7-11,18H,1-6H3. The second-order valence-electron chi connectivity index (χ2n) is 6.68. The van der Waals surface area contributed by atoms with Gasteiger partial charge in [-0.05, 0) is 54.8 Å². The molecule has 1 aliphatic rings. The van der Waals surface area contributed by atoms with Crippen LogP contribution in [0.1, 0.15) is 22.7 Å². The number of hydrogen-bond acceptors (Lipinski definition) is 5. The number of anilines is 1. The summed E-state index contributed by atoms with van der Waals surface area (Å²) in [7, 11) is 6.02. The maximum Gasteiger partial charge on any atom is 0.332 e. The highest BCUT2D eigenvalue weighted by Crippen LogP contribution is 2.43. The first-order chi connectivity index (χ1) is 13.3. The molecule has 0 bridgehead atoms. The van der Waals surface area contributed by atoms with E-state index in [1.165, 1.54) is 33.3 Å². The fourth-order valence-electron chi connectivity index (χ4n) is 3.35. The Balaban J connectivity index is 2.18. The number of likely N-dealkylation sites (N-methyl/N-ethyl adjacent to an activating group) is 1. The quantitative estimate of drug-likeness (QED) is 0.739. The SMILES string of the molecule is COc1cc(C2C(=O)N(C)C(=O)N2c2ccc(C)c(C)c2)cc(OC)c1OC. The summed E-state index contributed by atoms with van der Waals surface area (Å²) in [5.74, 6) is 0.951. The number of benzene rings is 2. The van der Waals surface area contributed by atoms with Crippen molar-refractivity contribution in [2.45, 2.75) is 19.9 Å². The first kappa shape index (κ1) is 19.5. The highest BCUT2D eigenvalue weighted by Gasteiger charge is 2.45. The van der Waals surface area contributed by atoms with E-state index in [0.29, 0.717) is 28.5 Å². The molecular formula is C21H24N2O5. The van der Waals surface area contributed by atoms with Crippen molar-refractivity contribution >= 4 is 17.6 Å². The molecule has 3 rings (SSSR count). The minimum absolute atomic E-state index is 0.322. The Morgan fingerprint density at radius 2 is 1.46 bits per heavy atom. The molecule has 2 aromatic carbocycles. The summed E-state index contributed by atoms with van der Waals surface area (Å²) in [6.45, 7) is 3.97. The third-order valence-corrected chi connectivity index (χ3v) is 5.09. The predicted octanol–water partition coefficient (Wildman–Crippen LogP) is 3.47. The maximum atomic E-state index is 13.0. The molecule has 0 saturated carbocycles. The Kier molecular flexibility index (Phi) is 5.18. The molecule has 2 aromatic rings. The highest BCUT2D eigenvalue weighted by atomic mass is 16.5. The predicted molar refractivity (Wildman–Crippen MR) is 105 cm³/mol. The number of nitrogens with zero attached hydrogens (tertiary/aromatic N) is 2. The lowest BCUT2D eigenvalue weighted by molar-refractivity contribution is -0.126. The topological polar surface area (TPSA) is 68.3 Å². The highest BCUT2D eigenvalue weighted by molar-refractivity contribution is 6.14. The molecular weight excluding hydrogens is 360 g/mol. The van der Waals surface area contributed by atoms with Crippen molar-refractivity contribution in [3.8, 4) is 17.2 Å². The Bertz CT molecular complexity index is 915. The van der Waals surface area contributed by atoms with Crippen LogP contribution in [0.5, 0.6) is 17.2 Å². The molecule has 0 aromatic heterocycles. The molecule has 7 nitrogen and oxygen atoms in total. The molecule has 28 heavy (non-hydrogen) atoms. The average molecular weight is 384 g/mol. The van der Waals surface area contributed by atoms with Gasteiger partial charge < -0.3 is 14.2 Å². The van der Waals surface area contributed by atoms with Gasteiger partial charge in [-0.15, -0.1) is 0 Å². The summed E-state index contributed by atoms with van der Waals surface area (Å²) >= 11 is 0. The molecule has 148 valence electrons. The van der Waals surface area contributed by atoms with Crippen molar-refractivity contribution in [1.82, 2.24) is 4.90 Å². The van der Waals surface area contributed by atoms with E-state index in [-0.39, 0.29) is 11.9 Å². The van der Waals surface area contributed by atoms with Gasteiger partial charge in [-0.3, -0.25) is 14.6 Å². The largest absolute Gasteiger partial charge is 0.493 e. The van der Waals surface area contributed by atoms with Crippen molar-refractivity contribution in [3.05, 3.63) is 47.0 Å². The Hall–Kier alpha value is -3.22. The first-order valence-corrected chi connectivity index (χ1v) is 8.82. The van der Waals surface area contributed by atoms with Crippen molar-refractivity contribution in [2.75, 3.05) is 33.3 Å². The number of rotatable bonds is 5. The zero-order valence-corrected chi connectivity index (χ0v) is 16.9. The van der Waals surface area contributed by atoms with Gasteiger partial charge in [-0.25, -0.2) is 4.79 Å². The lowest BCUT2D eigenvalue weighted by atomic mass is 10.0. The monoisotopic (exact) mass is 384 g/mol. The van der Waals surface area contributed by atoms with Crippen LogP contribution in [0.4, 0.5) is 10.5 Å². The summed E-state index contributed by atoms with van der Waals surface area (Å²) < 4.78 is 16.2. The van der Waals surface area contributed by atoms with E-state index in [2.05, 4.69) is 0 Å². The molecule has 0 N–H and O–H groups in total. The molecule has 1 atom stereocenters. The van der Waals surface area contributed by atoms with E-state index in [1.807, 2.05) is 32.0 Å². The van der Waals surface area contributed by atoms with E-state index in [9.17, 15) is 9.59 Å². The van der Waals surface area contributed by atoms with Crippen LogP contribution in [0.25, 0.3) is 0 Å². The number of amides is 3. The van der Waals surface area contributed by atoms with Crippen molar-refractivity contribution in [2.24, 2.45) is 0 Å². The maximum absolute atomic E-state index is 13.0. The summed E-state index contributed by atoms with van der Waals surface area (Å²) in [5.41, 5.74) is 3.38. The fraction of sp³-hybridized carbons (Fsp3) is 0.333. The minimum Gasteiger partial charge on any atom is -0.493 e. The molecule has 1 saturated heterocycles. The second-order valence-corrected chi connectivity index (χ2v) is 6.68. The summed E-state index contributed by atoms with van der Waals surface area (Å²) in [6, 6.07) is 7.88. The van der Waals surface area contributed by atoms with Gasteiger partial charge in [0.1, 0.15) is 6.04 Å². The van der Waals surface area contributed by atoms with Crippen LogP contribution in [0.3, 0.4) is 0 Å². The smallest absolute Gasteiger partial charge is 0.332 e. The zero-order chi connectivity index (χ0) is 20.6. The molecule has 1 aliphatic heterocycles. The van der Waals surface area contributed by atoms with Crippen LogP contribution in [-0.4, -0.2) is 45.2 Å². The second kappa shape index (κ2) is 7.42. The number of carbonyl (C=O) groups excluding carboxylic acids is 2. The van der Waals surface area contributed by atoms with Gasteiger partial charge in [0.2, 0.25) is 5.75 Å². The average Bonchev–Trinajstić information content (AvgIpc) is 2.92. The summed E-state index contributed by atoms with van der Waals surface area (Å²) in [6.07, 6.45) is 0. The van der Waals surface area contributed by atoms with Crippen LogP contribution >= 0.6 is 0 Å². The van der Waals surface area contributed by atoms with Crippen LogP contribution in [0.15, 0.2) is 30.3 Å². The molecule has 1 fully saturated rings. The number of hydrogen-bond donors (Lipinski definition) is 0. The number of imide groups is 1. The lowest BCUT2D eigenvalue weighted by Gasteiger charge is -2.24. The van der Waals surface area contributed by atoms with Gasteiger partial charge in [-0.2, -0.15) is 0 Å². The van der Waals surface area contributed by atoms with Crippen molar-refractivity contribution in [1.29, 1.82) is 0 Å². The van der Waals surface area contributed by atoms with Gasteiger partial charge in [0, 0.05) is 12.7 Å². The van der Waals surface area contributed by atoms with Crippen molar-refractivity contribution < 1.29 is 23.8 Å². The summed E-state index contributed by atoms with van der Waals surface area (Å²) in [4.78, 5) is 28.5. The molecule has 3 amide bonds. The fourth-order valence-corrected chi connectivity index (χ4v) is 3.35. The number of methoxy groups -OCH3 is 3. The molecule has 1 heterocycles. The van der Waals surface area contributed by atoms with Crippen LogP contribution in [0.2, 0.25) is 0 Å². The number of aryl methyl sites for hydroxylation is 2. The molecule has 1 unspecified atom stereocenters. The van der Waals surface area contributed by atoms with E-state index in [1.54, 1.807) is 12.1 Å². The number of urea groups is 1. The molecule has 0 radical (unpaired) electrons. The minimum atomic E-state index is -0.826. The Morgan fingerprint density at radius 3 is 1.96 bits per heavy atom. The third-order valence-electron chi connectivity index (χ3n) is 5.09. The molecule has 0 aliphatic carbocycles. The number of carbonyl (C=O) groups is 2. The van der Waals surface area contributed by atoms with Gasteiger partial charge >= 0.3 is 6.03 Å². The lowest BCUT2D eigenvalue weighted by Crippen LogP contribution is -2.30. The molecule has 0 spiro atoms. The normalized spacial score (nSPS) is 16.6. The van der Waals surface area contributed by atoms with Crippen LogP contribution in [-0.2, 0) is 4.79 Å². The van der Waals surface area contributed by atoms with Gasteiger partial charge in [0.05, 0.1) is 21.3 Å². The third kappa shape index (κ3) is 3.02. The number of ether oxygens (including phenoxy) is 3. The van der Waals surface area contributed by atoms with Gasteiger partial charge in [0.25, 0.3) is 5.91 Å². The Labute approximate surface area is 164 Å². The van der Waals surface area contributed by atoms with E-state index in [0.717, 1.165) is 16.0 Å². The molecule has 7 heteroatoms. The van der Waals surface area contributed by atoms with Crippen LogP contribution in [0, 0.1) is 13.8 Å². The summed E-state index contributed by atoms with van der Waals surface area (Å²) in [5, 5.41) is 0. The van der Waals surface area contributed by atoms with Crippen molar-refractivity contribution in [3.63, 3.8) is 0 Å². The van der Waals surface area contributed by atoms with Gasteiger partial charge in [-0.1, -0.05) is 6.07 Å². The first-order valence-electron chi connectivity index (χ1n) is 8.82. The zero-order valence-electron chi connectivity index (χ0n) is 16.9. The van der Waals surface area contributed by atoms with E-state index in [4.69, 9.17) is 14.2 Å². The van der Waals surface area contributed by atoms with E-state index < -0.39 is 6.04 Å². The van der Waals surface area contributed by atoms with Gasteiger partial charge in [0.15, 0.2) is 11.5 Å². The van der Waals surface area contributed by atoms with E-state index >= 15 is 0 Å². The Morgan fingerprint density at radius 1 is 0.857 bits per heavy atom. The van der Waals surface area contributed by atoms with Crippen LogP contribution < -0.4 is 19.1 Å².